The largest absolute Gasteiger partial charge is 0.503 e. The summed E-state index contributed by atoms with van der Waals surface area (Å²) in [4.78, 5) is 6.48. The molecular formula is C12H26N2O3Si. The second-order valence-corrected chi connectivity index (χ2v) is 6.93. The van der Waals surface area contributed by atoms with Crippen molar-refractivity contribution < 1.29 is 13.3 Å². The van der Waals surface area contributed by atoms with Crippen LogP contribution >= 0.6 is 0 Å². The number of hydrogen-bond acceptors (Lipinski definition) is 5. The first-order valence-electron chi connectivity index (χ1n) is 6.85. The van der Waals surface area contributed by atoms with Crippen LogP contribution in [0.2, 0.25) is 6.04 Å². The summed E-state index contributed by atoms with van der Waals surface area (Å²) in [5, 5.41) is 0. The van der Waals surface area contributed by atoms with Crippen LogP contribution in [0.3, 0.4) is 0 Å². The molecule has 1 aliphatic heterocycles. The molecule has 106 valence electrons. The van der Waals surface area contributed by atoms with Gasteiger partial charge in [0.15, 0.2) is 0 Å². The Morgan fingerprint density at radius 1 is 1.17 bits per heavy atom. The number of aliphatic imine (C=N–C) groups is 1. The number of nitrogens with zero attached hydrogens (tertiary/aromatic N) is 2. The van der Waals surface area contributed by atoms with E-state index < -0.39 is 8.80 Å². The maximum absolute atomic E-state index is 5.86. The first kappa shape index (κ1) is 15.6. The summed E-state index contributed by atoms with van der Waals surface area (Å²) in [6.45, 7) is 11.9. The van der Waals surface area contributed by atoms with Crippen LogP contribution in [0.15, 0.2) is 4.99 Å². The van der Waals surface area contributed by atoms with Gasteiger partial charge in [-0.15, -0.1) is 0 Å². The summed E-state index contributed by atoms with van der Waals surface area (Å²) >= 11 is 0. The smallest absolute Gasteiger partial charge is 0.374 e. The van der Waals surface area contributed by atoms with Gasteiger partial charge in [-0.3, -0.25) is 4.99 Å². The molecule has 1 aliphatic rings. The van der Waals surface area contributed by atoms with E-state index in [4.69, 9.17) is 13.3 Å². The van der Waals surface area contributed by atoms with Gasteiger partial charge in [-0.1, -0.05) is 0 Å². The molecule has 0 bridgehead atoms. The molecule has 0 aromatic carbocycles. The first-order chi connectivity index (χ1) is 8.67. The van der Waals surface area contributed by atoms with E-state index in [1.54, 1.807) is 0 Å². The van der Waals surface area contributed by atoms with Crippen molar-refractivity contribution in [2.24, 2.45) is 4.99 Å². The Morgan fingerprint density at radius 2 is 1.72 bits per heavy atom. The standard InChI is InChI=1S/C12H26N2O3Si/c1-5-15-18(16-6-2,17-7-3)10-12(4)14-9-8-13-11-14/h11-12H,5-10H2,1-4H3. The molecule has 1 heterocycles. The minimum absolute atomic E-state index is 0.340. The first-order valence-corrected chi connectivity index (χ1v) is 8.78. The maximum Gasteiger partial charge on any atom is 0.503 e. The third-order valence-corrected chi connectivity index (χ3v) is 6.20. The minimum Gasteiger partial charge on any atom is -0.374 e. The predicted molar refractivity (Wildman–Crippen MR) is 75.0 cm³/mol. The molecule has 1 unspecified atom stereocenters. The van der Waals surface area contributed by atoms with Crippen molar-refractivity contribution in [1.82, 2.24) is 4.90 Å². The van der Waals surface area contributed by atoms with E-state index in [0.717, 1.165) is 19.1 Å². The van der Waals surface area contributed by atoms with E-state index in [1.807, 2.05) is 27.1 Å². The Morgan fingerprint density at radius 3 is 2.11 bits per heavy atom. The fourth-order valence-electron chi connectivity index (χ4n) is 2.17. The summed E-state index contributed by atoms with van der Waals surface area (Å²) in [6.07, 6.45) is 1.92. The van der Waals surface area contributed by atoms with E-state index in [9.17, 15) is 0 Å². The lowest BCUT2D eigenvalue weighted by Gasteiger charge is -2.33. The molecule has 5 nitrogen and oxygen atoms in total. The maximum atomic E-state index is 5.86. The Bertz CT molecular complexity index is 247. The number of hydrogen-bond donors (Lipinski definition) is 0. The van der Waals surface area contributed by atoms with Crippen molar-refractivity contribution in [3.63, 3.8) is 0 Å². The van der Waals surface area contributed by atoms with Gasteiger partial charge in [0.25, 0.3) is 0 Å². The van der Waals surface area contributed by atoms with Crippen LogP contribution in [0.1, 0.15) is 27.7 Å². The molecular weight excluding hydrogens is 248 g/mol. The van der Waals surface area contributed by atoms with Gasteiger partial charge in [0, 0.05) is 38.5 Å². The molecule has 6 heteroatoms. The average Bonchev–Trinajstić information content (AvgIpc) is 2.83. The van der Waals surface area contributed by atoms with Gasteiger partial charge in [-0.05, 0) is 27.7 Å². The third-order valence-electron chi connectivity index (χ3n) is 2.92. The Hall–Kier alpha value is -0.433. The van der Waals surface area contributed by atoms with Crippen LogP contribution in [0, 0.1) is 0 Å². The molecule has 0 amide bonds. The highest BCUT2D eigenvalue weighted by Gasteiger charge is 2.43. The van der Waals surface area contributed by atoms with Crippen LogP contribution < -0.4 is 0 Å². The molecule has 0 aliphatic carbocycles. The zero-order valence-electron chi connectivity index (χ0n) is 12.0. The van der Waals surface area contributed by atoms with Crippen molar-refractivity contribution in [3.05, 3.63) is 0 Å². The second kappa shape index (κ2) is 7.88. The normalized spacial score (nSPS) is 17.4. The summed E-state index contributed by atoms with van der Waals surface area (Å²) in [5.41, 5.74) is 0. The second-order valence-electron chi connectivity index (χ2n) is 4.29. The molecule has 0 aromatic rings. The highest BCUT2D eigenvalue weighted by Crippen LogP contribution is 2.21. The molecule has 0 aromatic heterocycles. The summed E-state index contributed by atoms with van der Waals surface area (Å²) < 4.78 is 17.6. The van der Waals surface area contributed by atoms with Gasteiger partial charge in [0.05, 0.1) is 12.9 Å². The van der Waals surface area contributed by atoms with Crippen molar-refractivity contribution in [1.29, 1.82) is 0 Å². The summed E-state index contributed by atoms with van der Waals surface area (Å²) in [5.74, 6) is 0. The zero-order valence-corrected chi connectivity index (χ0v) is 13.0. The van der Waals surface area contributed by atoms with Gasteiger partial charge in [-0.25, -0.2) is 0 Å². The third kappa shape index (κ3) is 4.35. The lowest BCUT2D eigenvalue weighted by molar-refractivity contribution is 0.0666. The van der Waals surface area contributed by atoms with E-state index in [-0.39, 0.29) is 0 Å². The Labute approximate surface area is 111 Å². The topological polar surface area (TPSA) is 43.3 Å². The predicted octanol–water partition coefficient (Wildman–Crippen LogP) is 1.77. The Balaban J connectivity index is 2.64. The van der Waals surface area contributed by atoms with Crippen LogP contribution in [-0.4, -0.2) is 59.0 Å². The van der Waals surface area contributed by atoms with E-state index in [1.165, 1.54) is 0 Å². The van der Waals surface area contributed by atoms with Crippen molar-refractivity contribution in [2.45, 2.75) is 39.8 Å². The quantitative estimate of drug-likeness (QED) is 0.601. The lowest BCUT2D eigenvalue weighted by atomic mass is 10.3. The van der Waals surface area contributed by atoms with Gasteiger partial charge >= 0.3 is 8.80 Å². The molecule has 1 rings (SSSR count). The molecule has 0 radical (unpaired) electrons. The minimum atomic E-state index is -2.53. The fourth-order valence-corrected chi connectivity index (χ4v) is 5.05. The van der Waals surface area contributed by atoms with Crippen LogP contribution in [0.4, 0.5) is 0 Å². The molecule has 1 atom stereocenters. The van der Waals surface area contributed by atoms with Gasteiger partial charge in [0.1, 0.15) is 0 Å². The van der Waals surface area contributed by atoms with Crippen LogP contribution in [0.25, 0.3) is 0 Å². The van der Waals surface area contributed by atoms with E-state index in [0.29, 0.717) is 25.9 Å². The van der Waals surface area contributed by atoms with Crippen molar-refractivity contribution in [2.75, 3.05) is 32.9 Å². The van der Waals surface area contributed by atoms with Crippen LogP contribution in [-0.2, 0) is 13.3 Å². The average molecular weight is 274 g/mol. The SMILES string of the molecule is CCO[Si](CC(C)N1C=NCC1)(OCC)OCC. The molecule has 0 N–H and O–H groups in total. The zero-order chi connectivity index (χ0) is 13.4. The van der Waals surface area contributed by atoms with Gasteiger partial charge < -0.3 is 18.2 Å². The Kier molecular flexibility index (Phi) is 6.84. The monoisotopic (exact) mass is 274 g/mol. The fraction of sp³-hybridized carbons (Fsp3) is 0.917. The molecule has 18 heavy (non-hydrogen) atoms. The highest BCUT2D eigenvalue weighted by atomic mass is 28.4. The lowest BCUT2D eigenvalue weighted by Crippen LogP contribution is -2.50. The van der Waals surface area contributed by atoms with E-state index in [2.05, 4.69) is 16.8 Å². The highest BCUT2D eigenvalue weighted by molar-refractivity contribution is 6.60. The van der Waals surface area contributed by atoms with Gasteiger partial charge in [0.2, 0.25) is 0 Å². The molecule has 0 spiro atoms. The van der Waals surface area contributed by atoms with Crippen LogP contribution in [0.5, 0.6) is 0 Å². The van der Waals surface area contributed by atoms with Crippen molar-refractivity contribution >= 4 is 15.1 Å². The van der Waals surface area contributed by atoms with E-state index >= 15 is 0 Å². The van der Waals surface area contributed by atoms with Crippen molar-refractivity contribution in [3.8, 4) is 0 Å². The number of rotatable bonds is 9. The molecule has 0 fully saturated rings. The summed E-state index contributed by atoms with van der Waals surface area (Å²) in [6, 6.07) is 1.15. The van der Waals surface area contributed by atoms with Gasteiger partial charge in [-0.2, -0.15) is 0 Å². The molecule has 0 saturated carbocycles. The summed E-state index contributed by atoms with van der Waals surface area (Å²) in [7, 11) is -2.53. The molecule has 0 saturated heterocycles.